The Morgan fingerprint density at radius 1 is 1.03 bits per heavy atom. The van der Waals surface area contributed by atoms with Crippen LogP contribution in [0.15, 0.2) is 43.2 Å². The first kappa shape index (κ1) is 18.1. The number of fused-ring (bicyclic) bond motifs is 1. The summed E-state index contributed by atoms with van der Waals surface area (Å²) in [6.07, 6.45) is 10.9. The first-order chi connectivity index (χ1) is 14.3. The highest BCUT2D eigenvalue weighted by atomic mass is 16.5. The predicted molar refractivity (Wildman–Crippen MR) is 108 cm³/mol. The molecule has 0 radical (unpaired) electrons. The second-order valence-electron chi connectivity index (χ2n) is 7.55. The normalized spacial score (nSPS) is 18.3. The van der Waals surface area contributed by atoms with Crippen LogP contribution in [0.2, 0.25) is 0 Å². The number of pyridine rings is 1. The quantitative estimate of drug-likeness (QED) is 0.679. The highest BCUT2D eigenvalue weighted by Gasteiger charge is 2.28. The van der Waals surface area contributed by atoms with Crippen LogP contribution in [0.25, 0.3) is 11.3 Å². The summed E-state index contributed by atoms with van der Waals surface area (Å²) in [4.78, 5) is 30.1. The van der Waals surface area contributed by atoms with Crippen molar-refractivity contribution in [3.8, 4) is 11.3 Å². The van der Waals surface area contributed by atoms with E-state index in [1.165, 1.54) is 0 Å². The van der Waals surface area contributed by atoms with Crippen molar-refractivity contribution in [3.05, 3.63) is 48.8 Å². The highest BCUT2D eigenvalue weighted by Crippen LogP contribution is 2.35. The zero-order chi connectivity index (χ0) is 19.6. The maximum atomic E-state index is 12.7. The number of anilines is 1. The minimum atomic E-state index is 0.0578. The standard InChI is InChI=1S/C21H24N6O2/c28-21(16-2-1-5-22-12-16)26-6-3-17(4-7-26)27-15-24-20(18-13-23-14-19(18)27)25-8-10-29-11-9-25/h1-2,5,12-15,17H,3-4,6-11H2. The molecular weight excluding hydrogens is 368 g/mol. The Morgan fingerprint density at radius 3 is 2.62 bits per heavy atom. The van der Waals surface area contributed by atoms with Crippen molar-refractivity contribution in [2.45, 2.75) is 18.9 Å². The largest absolute Gasteiger partial charge is 0.378 e. The van der Waals surface area contributed by atoms with E-state index in [1.54, 1.807) is 18.5 Å². The number of amides is 1. The van der Waals surface area contributed by atoms with Crippen molar-refractivity contribution in [2.24, 2.45) is 0 Å². The maximum absolute atomic E-state index is 12.7. The van der Waals surface area contributed by atoms with E-state index in [2.05, 4.69) is 19.4 Å². The molecule has 0 N–H and O–H groups in total. The number of rotatable bonds is 3. The number of nitrogens with zero attached hydrogens (tertiary/aromatic N) is 6. The van der Waals surface area contributed by atoms with E-state index in [0.717, 1.165) is 69.3 Å². The Hall–Kier alpha value is -3.00. The molecule has 5 heterocycles. The molecule has 0 atom stereocenters. The molecule has 0 saturated carbocycles. The number of piperidine rings is 1. The Balaban J connectivity index is 1.32. The molecule has 150 valence electrons. The molecule has 5 rings (SSSR count). The zero-order valence-corrected chi connectivity index (χ0v) is 16.3. The summed E-state index contributed by atoms with van der Waals surface area (Å²) < 4.78 is 7.70. The van der Waals surface area contributed by atoms with Crippen LogP contribution in [0.5, 0.6) is 0 Å². The third-order valence-electron chi connectivity index (χ3n) is 5.86. The molecule has 0 aliphatic carbocycles. The lowest BCUT2D eigenvalue weighted by Crippen LogP contribution is -2.39. The van der Waals surface area contributed by atoms with Crippen LogP contribution in [-0.2, 0) is 4.74 Å². The number of hydrogen-bond donors (Lipinski definition) is 0. The van der Waals surface area contributed by atoms with Gasteiger partial charge in [0.1, 0.15) is 5.82 Å². The van der Waals surface area contributed by atoms with Crippen LogP contribution in [-0.4, -0.2) is 69.7 Å². The molecule has 1 aromatic rings. The van der Waals surface area contributed by atoms with Crippen LogP contribution < -0.4 is 4.90 Å². The Bertz CT molecular complexity index is 945. The first-order valence-corrected chi connectivity index (χ1v) is 10.1. The summed E-state index contributed by atoms with van der Waals surface area (Å²) in [5.74, 6) is 1.05. The molecule has 2 saturated heterocycles. The Kier molecular flexibility index (Phi) is 4.85. The number of aromatic nitrogens is 4. The van der Waals surface area contributed by atoms with Crippen molar-refractivity contribution in [3.63, 3.8) is 0 Å². The third kappa shape index (κ3) is 3.44. The SMILES string of the molecule is O=C(c1cccnc1)N1CCC(n2cnc(N3CCOCC3)c3cncc2-3)CC1. The summed E-state index contributed by atoms with van der Waals surface area (Å²) >= 11 is 0. The second kappa shape index (κ2) is 7.79. The first-order valence-electron chi connectivity index (χ1n) is 10.1. The van der Waals surface area contributed by atoms with Crippen LogP contribution in [0, 0.1) is 0 Å². The fourth-order valence-corrected chi connectivity index (χ4v) is 4.28. The van der Waals surface area contributed by atoms with Gasteiger partial charge in [-0.2, -0.15) is 0 Å². The van der Waals surface area contributed by atoms with E-state index < -0.39 is 0 Å². The van der Waals surface area contributed by atoms with Crippen molar-refractivity contribution in [1.29, 1.82) is 0 Å². The topological polar surface area (TPSA) is 76.4 Å². The molecule has 4 aliphatic heterocycles. The number of carbonyl (C=O) groups is 1. The van der Waals surface area contributed by atoms with Crippen LogP contribution in [0.3, 0.4) is 0 Å². The van der Waals surface area contributed by atoms with Crippen molar-refractivity contribution in [1.82, 2.24) is 24.4 Å². The molecule has 0 unspecified atom stereocenters. The number of hydrogen-bond acceptors (Lipinski definition) is 6. The zero-order valence-electron chi connectivity index (χ0n) is 16.3. The lowest BCUT2D eigenvalue weighted by atomic mass is 10.0. The molecule has 0 aromatic carbocycles. The minimum Gasteiger partial charge on any atom is -0.378 e. The van der Waals surface area contributed by atoms with Gasteiger partial charge in [0.15, 0.2) is 0 Å². The Morgan fingerprint density at radius 2 is 1.86 bits per heavy atom. The summed E-state index contributed by atoms with van der Waals surface area (Å²) in [5.41, 5.74) is 2.85. The molecule has 8 heteroatoms. The van der Waals surface area contributed by atoms with Gasteiger partial charge in [-0.15, -0.1) is 0 Å². The summed E-state index contributed by atoms with van der Waals surface area (Å²) in [6, 6.07) is 3.94. The van der Waals surface area contributed by atoms with E-state index in [4.69, 9.17) is 9.72 Å². The van der Waals surface area contributed by atoms with Crippen LogP contribution in [0.4, 0.5) is 5.82 Å². The van der Waals surface area contributed by atoms with Gasteiger partial charge in [0.25, 0.3) is 5.91 Å². The van der Waals surface area contributed by atoms with Gasteiger partial charge in [-0.1, -0.05) is 0 Å². The van der Waals surface area contributed by atoms with E-state index in [9.17, 15) is 4.79 Å². The Labute approximate surface area is 169 Å². The van der Waals surface area contributed by atoms with Gasteiger partial charge in [0.05, 0.1) is 42.6 Å². The van der Waals surface area contributed by atoms with Gasteiger partial charge in [0.2, 0.25) is 0 Å². The van der Waals surface area contributed by atoms with Crippen molar-refractivity contribution >= 4 is 11.7 Å². The van der Waals surface area contributed by atoms with Crippen LogP contribution in [0.1, 0.15) is 29.2 Å². The molecule has 1 amide bonds. The van der Waals surface area contributed by atoms with Gasteiger partial charge in [-0.25, -0.2) is 4.98 Å². The highest BCUT2D eigenvalue weighted by molar-refractivity contribution is 5.93. The van der Waals surface area contributed by atoms with E-state index in [1.807, 2.05) is 29.7 Å². The average molecular weight is 392 g/mol. The third-order valence-corrected chi connectivity index (χ3v) is 5.86. The second-order valence-corrected chi connectivity index (χ2v) is 7.55. The minimum absolute atomic E-state index is 0.0578. The lowest BCUT2D eigenvalue weighted by Gasteiger charge is -2.35. The van der Waals surface area contributed by atoms with Gasteiger partial charge >= 0.3 is 0 Å². The van der Waals surface area contributed by atoms with E-state index in [-0.39, 0.29) is 5.91 Å². The summed E-state index contributed by atoms with van der Waals surface area (Å²) in [6.45, 7) is 4.63. The smallest absolute Gasteiger partial charge is 0.255 e. The van der Waals surface area contributed by atoms with E-state index in [0.29, 0.717) is 11.6 Å². The summed E-state index contributed by atoms with van der Waals surface area (Å²) in [7, 11) is 0. The van der Waals surface area contributed by atoms with Gasteiger partial charge in [-0.3, -0.25) is 14.8 Å². The molecule has 1 aromatic heterocycles. The lowest BCUT2D eigenvalue weighted by molar-refractivity contribution is 0.0694. The number of likely N-dealkylation sites (tertiary alicyclic amines) is 1. The van der Waals surface area contributed by atoms with Crippen LogP contribution >= 0.6 is 0 Å². The van der Waals surface area contributed by atoms with Gasteiger partial charge in [0, 0.05) is 50.8 Å². The maximum Gasteiger partial charge on any atom is 0.255 e. The van der Waals surface area contributed by atoms with Crippen molar-refractivity contribution in [2.75, 3.05) is 44.3 Å². The average Bonchev–Trinajstić information content (AvgIpc) is 3.29. The number of morpholine rings is 1. The molecule has 4 aliphatic rings. The molecule has 0 spiro atoms. The molecular formula is C21H24N6O2. The number of ether oxygens (including phenoxy) is 1. The van der Waals surface area contributed by atoms with Gasteiger partial charge < -0.3 is 19.1 Å². The monoisotopic (exact) mass is 392 g/mol. The van der Waals surface area contributed by atoms with Crippen molar-refractivity contribution < 1.29 is 9.53 Å². The molecule has 8 nitrogen and oxygen atoms in total. The van der Waals surface area contributed by atoms with Gasteiger partial charge in [-0.05, 0) is 25.0 Å². The molecule has 2 fully saturated rings. The fourth-order valence-electron chi connectivity index (χ4n) is 4.28. The fraction of sp³-hybridized carbons (Fsp3) is 0.429. The molecule has 29 heavy (non-hydrogen) atoms. The molecule has 0 bridgehead atoms. The predicted octanol–water partition coefficient (Wildman–Crippen LogP) is 2.09. The van der Waals surface area contributed by atoms with E-state index >= 15 is 0 Å². The summed E-state index contributed by atoms with van der Waals surface area (Å²) in [5, 5.41) is 0. The number of carbonyl (C=O) groups excluding carboxylic acids is 1.